The van der Waals surface area contributed by atoms with Crippen LogP contribution >= 0.6 is 23.8 Å². The molecule has 2 aromatic heterocycles. The molecule has 0 radical (unpaired) electrons. The van der Waals surface area contributed by atoms with Gasteiger partial charge in [-0.15, -0.1) is 0 Å². The standard InChI is InChI=1S/C12H7ClN2SSe/c13-8-5-6-14-11(7-8)15-12(16)9-3-1-2-4-10(9)17-15/h1-7H. The van der Waals surface area contributed by atoms with Crippen LogP contribution in [-0.4, -0.2) is 23.3 Å². The third-order valence-corrected chi connectivity index (χ3v) is 5.62. The van der Waals surface area contributed by atoms with Crippen LogP contribution < -0.4 is 0 Å². The van der Waals surface area contributed by atoms with Gasteiger partial charge in [-0.1, -0.05) is 0 Å². The van der Waals surface area contributed by atoms with Crippen LogP contribution in [0.15, 0.2) is 42.6 Å². The van der Waals surface area contributed by atoms with Crippen molar-refractivity contribution >= 4 is 48.2 Å². The van der Waals surface area contributed by atoms with Crippen molar-refractivity contribution in [1.82, 2.24) is 8.55 Å². The number of pyridine rings is 1. The Bertz CT molecular complexity index is 747. The molecule has 0 unspecified atom stereocenters. The first kappa shape index (κ1) is 11.2. The summed E-state index contributed by atoms with van der Waals surface area (Å²) in [5.74, 6) is 0.832. The number of aromatic nitrogens is 2. The summed E-state index contributed by atoms with van der Waals surface area (Å²) >= 11 is 11.6. The van der Waals surface area contributed by atoms with E-state index in [0.29, 0.717) is 5.02 Å². The van der Waals surface area contributed by atoms with Gasteiger partial charge < -0.3 is 0 Å². The zero-order valence-electron chi connectivity index (χ0n) is 8.63. The minimum absolute atomic E-state index is 0.158. The fraction of sp³-hybridized carbons (Fsp3) is 0. The third-order valence-electron chi connectivity index (χ3n) is 2.41. The molecule has 0 atom stereocenters. The Morgan fingerprint density at radius 3 is 2.82 bits per heavy atom. The van der Waals surface area contributed by atoms with Gasteiger partial charge in [0.25, 0.3) is 0 Å². The van der Waals surface area contributed by atoms with E-state index in [9.17, 15) is 0 Å². The molecule has 0 aliphatic carbocycles. The molecule has 3 rings (SSSR count). The first-order valence-corrected chi connectivity index (χ1v) is 7.39. The van der Waals surface area contributed by atoms with Gasteiger partial charge >= 0.3 is 115 Å². The molecule has 0 N–H and O–H groups in total. The molecule has 0 fully saturated rings. The predicted molar refractivity (Wildman–Crippen MR) is 73.9 cm³/mol. The Labute approximate surface area is 114 Å². The summed E-state index contributed by atoms with van der Waals surface area (Å²) in [7, 11) is 0. The second kappa shape index (κ2) is 4.39. The molecule has 84 valence electrons. The Morgan fingerprint density at radius 2 is 2.06 bits per heavy atom. The van der Waals surface area contributed by atoms with Gasteiger partial charge in [0, 0.05) is 0 Å². The van der Waals surface area contributed by atoms with E-state index in [-0.39, 0.29) is 14.7 Å². The number of rotatable bonds is 1. The molecule has 2 nitrogen and oxygen atoms in total. The van der Waals surface area contributed by atoms with Crippen molar-refractivity contribution in [2.45, 2.75) is 0 Å². The quantitative estimate of drug-likeness (QED) is 0.504. The van der Waals surface area contributed by atoms with E-state index in [1.807, 2.05) is 18.2 Å². The topological polar surface area (TPSA) is 17.8 Å². The monoisotopic (exact) mass is 326 g/mol. The van der Waals surface area contributed by atoms with Crippen LogP contribution in [0, 0.1) is 4.64 Å². The van der Waals surface area contributed by atoms with Gasteiger partial charge in [-0.25, -0.2) is 0 Å². The number of halogens is 1. The van der Waals surface area contributed by atoms with Crippen LogP contribution in [0.4, 0.5) is 0 Å². The minimum atomic E-state index is 0.158. The zero-order valence-corrected chi connectivity index (χ0v) is 11.9. The van der Waals surface area contributed by atoms with Crippen molar-refractivity contribution in [2.75, 3.05) is 0 Å². The molecule has 0 aliphatic heterocycles. The van der Waals surface area contributed by atoms with Gasteiger partial charge in [-0.2, -0.15) is 0 Å². The van der Waals surface area contributed by atoms with Crippen molar-refractivity contribution in [3.05, 3.63) is 52.3 Å². The first-order chi connectivity index (χ1) is 8.25. The average molecular weight is 326 g/mol. The van der Waals surface area contributed by atoms with Crippen molar-refractivity contribution < 1.29 is 0 Å². The van der Waals surface area contributed by atoms with Crippen LogP contribution in [0.25, 0.3) is 15.5 Å². The van der Waals surface area contributed by atoms with Crippen LogP contribution in [-0.2, 0) is 0 Å². The van der Waals surface area contributed by atoms with Crippen LogP contribution in [0.1, 0.15) is 0 Å². The van der Waals surface area contributed by atoms with E-state index < -0.39 is 0 Å². The number of hydrogen-bond acceptors (Lipinski definition) is 2. The SMILES string of the molecule is S=c1c2ccccc2[se]n1-c1cc(Cl)ccn1. The summed E-state index contributed by atoms with van der Waals surface area (Å²) < 4.78 is 4.21. The number of hydrogen-bond donors (Lipinski definition) is 0. The van der Waals surface area contributed by atoms with E-state index in [0.717, 1.165) is 15.8 Å². The number of nitrogens with zero attached hydrogens (tertiary/aromatic N) is 2. The van der Waals surface area contributed by atoms with Gasteiger partial charge in [0.2, 0.25) is 0 Å². The Hall–Kier alpha value is -0.931. The molecule has 0 spiro atoms. The van der Waals surface area contributed by atoms with Crippen molar-refractivity contribution in [1.29, 1.82) is 0 Å². The number of fused-ring (bicyclic) bond motifs is 1. The van der Waals surface area contributed by atoms with Crippen LogP contribution in [0.2, 0.25) is 5.02 Å². The molecular formula is C12H7ClN2SSe. The van der Waals surface area contributed by atoms with Gasteiger partial charge in [-0.3, -0.25) is 0 Å². The molecule has 5 heteroatoms. The van der Waals surface area contributed by atoms with E-state index in [2.05, 4.69) is 20.7 Å². The summed E-state index contributed by atoms with van der Waals surface area (Å²) in [5.41, 5.74) is 0. The van der Waals surface area contributed by atoms with Gasteiger partial charge in [-0.05, 0) is 0 Å². The summed E-state index contributed by atoms with van der Waals surface area (Å²) in [6.07, 6.45) is 1.71. The van der Waals surface area contributed by atoms with E-state index in [1.54, 1.807) is 12.3 Å². The van der Waals surface area contributed by atoms with E-state index >= 15 is 0 Å². The molecule has 3 aromatic rings. The Balaban J connectivity index is 2.31. The fourth-order valence-corrected chi connectivity index (χ4v) is 4.44. The molecule has 0 amide bonds. The summed E-state index contributed by atoms with van der Waals surface area (Å²) in [6, 6.07) is 11.8. The van der Waals surface area contributed by atoms with E-state index in [1.165, 1.54) is 4.26 Å². The molecule has 2 heterocycles. The summed E-state index contributed by atoms with van der Waals surface area (Å²) in [4.78, 5) is 4.32. The number of benzene rings is 1. The average Bonchev–Trinajstić information content (AvgIpc) is 2.68. The van der Waals surface area contributed by atoms with Crippen LogP contribution in [0.5, 0.6) is 0 Å². The van der Waals surface area contributed by atoms with Crippen molar-refractivity contribution in [2.24, 2.45) is 0 Å². The zero-order chi connectivity index (χ0) is 11.8. The maximum absolute atomic E-state index is 5.98. The maximum atomic E-state index is 5.98. The van der Waals surface area contributed by atoms with Gasteiger partial charge in [0.1, 0.15) is 0 Å². The Kier molecular flexibility index (Phi) is 2.89. The molecule has 0 aliphatic rings. The summed E-state index contributed by atoms with van der Waals surface area (Å²) in [5, 5.41) is 1.83. The fourth-order valence-electron chi connectivity index (χ4n) is 1.63. The van der Waals surface area contributed by atoms with Gasteiger partial charge in [0.15, 0.2) is 0 Å². The molecule has 1 aromatic carbocycles. The summed E-state index contributed by atoms with van der Waals surface area (Å²) in [6.45, 7) is 0. The van der Waals surface area contributed by atoms with Crippen molar-refractivity contribution in [3.8, 4) is 5.82 Å². The second-order valence-corrected chi connectivity index (χ2v) is 6.41. The van der Waals surface area contributed by atoms with Gasteiger partial charge in [0.05, 0.1) is 0 Å². The molecule has 17 heavy (non-hydrogen) atoms. The third kappa shape index (κ3) is 1.98. The van der Waals surface area contributed by atoms with Crippen LogP contribution in [0.3, 0.4) is 0 Å². The normalized spacial score (nSPS) is 10.9. The Morgan fingerprint density at radius 1 is 1.24 bits per heavy atom. The van der Waals surface area contributed by atoms with E-state index in [4.69, 9.17) is 23.8 Å². The molecule has 0 saturated carbocycles. The molecular weight excluding hydrogens is 319 g/mol. The predicted octanol–water partition coefficient (Wildman–Crippen LogP) is 3.47. The molecule has 0 saturated heterocycles. The van der Waals surface area contributed by atoms with Crippen molar-refractivity contribution in [3.63, 3.8) is 0 Å². The first-order valence-electron chi connectivity index (χ1n) is 4.99. The second-order valence-electron chi connectivity index (χ2n) is 3.52. The molecule has 0 bridgehead atoms.